The first-order valence-corrected chi connectivity index (χ1v) is 10.0. The van der Waals surface area contributed by atoms with Crippen LogP contribution in [0.1, 0.15) is 57.8 Å². The van der Waals surface area contributed by atoms with Crippen molar-refractivity contribution in [3.05, 3.63) is 11.6 Å². The van der Waals surface area contributed by atoms with Crippen LogP contribution in [0.15, 0.2) is 11.6 Å². The summed E-state index contributed by atoms with van der Waals surface area (Å²) in [6.07, 6.45) is 0.854. The first kappa shape index (κ1) is 20.2. The maximum atomic E-state index is 14.0. The molecule has 0 nitrogen and oxygen atoms in total. The zero-order valence-electron chi connectivity index (χ0n) is 15.2. The molecule has 146 valence electrons. The highest BCUT2D eigenvalue weighted by molar-refractivity contribution is 6.08. The highest BCUT2D eigenvalue weighted by Gasteiger charge is 2.54. The van der Waals surface area contributed by atoms with Gasteiger partial charge in [-0.2, -0.15) is 13.2 Å². The summed E-state index contributed by atoms with van der Waals surface area (Å²) >= 11 is 0. The molecule has 26 heavy (non-hydrogen) atoms. The lowest BCUT2D eigenvalue weighted by Crippen LogP contribution is -2.45. The minimum atomic E-state index is -4.79. The fourth-order valence-corrected chi connectivity index (χ4v) is 5.44. The molecule has 6 heteroatoms. The Labute approximate surface area is 154 Å². The van der Waals surface area contributed by atoms with Gasteiger partial charge >= 0.3 is 6.18 Å². The van der Waals surface area contributed by atoms with Crippen molar-refractivity contribution in [1.29, 1.82) is 0 Å². The fraction of sp³-hybridized carbons (Fsp3) is 0.900. The van der Waals surface area contributed by atoms with Crippen molar-refractivity contribution in [3.8, 4) is 0 Å². The van der Waals surface area contributed by atoms with E-state index in [1.54, 1.807) is 0 Å². The smallest absolute Gasteiger partial charge is 0.247 e. The second-order valence-electron chi connectivity index (χ2n) is 8.60. The van der Waals surface area contributed by atoms with Crippen molar-refractivity contribution >= 4 is 7.85 Å². The quantitative estimate of drug-likeness (QED) is 0.306. The van der Waals surface area contributed by atoms with E-state index in [0.29, 0.717) is 17.8 Å². The summed E-state index contributed by atoms with van der Waals surface area (Å²) in [5, 5.41) is 0. The molecule has 0 saturated heterocycles. The molecule has 2 radical (unpaired) electrons. The number of hydrogen-bond acceptors (Lipinski definition) is 0. The minimum absolute atomic E-state index is 0.192. The number of rotatable bonds is 3. The second-order valence-corrected chi connectivity index (χ2v) is 8.60. The molecule has 2 fully saturated rings. The molecule has 0 heterocycles. The molecule has 0 amide bonds. The monoisotopic (exact) mass is 374 g/mol. The third-order valence-electron chi connectivity index (χ3n) is 7.08. The van der Waals surface area contributed by atoms with E-state index in [0.717, 1.165) is 31.2 Å². The third kappa shape index (κ3) is 4.47. The van der Waals surface area contributed by atoms with Gasteiger partial charge in [0.2, 0.25) is 0 Å². The van der Waals surface area contributed by atoms with Gasteiger partial charge in [0.1, 0.15) is 18.3 Å². The van der Waals surface area contributed by atoms with Gasteiger partial charge in [-0.25, -0.2) is 8.78 Å². The highest BCUT2D eigenvalue weighted by Crippen LogP contribution is 2.47. The lowest BCUT2D eigenvalue weighted by atomic mass is 9.67. The Hall–Kier alpha value is -0.545. The van der Waals surface area contributed by atoms with Gasteiger partial charge in [-0.1, -0.05) is 30.8 Å². The molecule has 0 bridgehead atoms. The topological polar surface area (TPSA) is 0 Å². The van der Waals surface area contributed by atoms with Gasteiger partial charge in [-0.15, -0.1) is 0 Å². The number of hydrogen-bond donors (Lipinski definition) is 0. The third-order valence-corrected chi connectivity index (χ3v) is 7.08. The maximum Gasteiger partial charge on any atom is 0.397 e. The average Bonchev–Trinajstić information content (AvgIpc) is 2.60. The van der Waals surface area contributed by atoms with E-state index in [9.17, 15) is 22.0 Å². The van der Waals surface area contributed by atoms with E-state index < -0.39 is 24.4 Å². The molecule has 0 N–H and O–H groups in total. The van der Waals surface area contributed by atoms with Crippen LogP contribution in [0.4, 0.5) is 22.0 Å². The molecule has 3 rings (SSSR count). The molecular weight excluding hydrogens is 346 g/mol. The molecule has 0 aliphatic heterocycles. The van der Waals surface area contributed by atoms with Crippen LogP contribution >= 0.6 is 0 Å². The van der Waals surface area contributed by atoms with Crippen LogP contribution in [-0.2, 0) is 0 Å². The van der Waals surface area contributed by atoms with E-state index in [2.05, 4.69) is 6.08 Å². The summed E-state index contributed by atoms with van der Waals surface area (Å²) in [7, 11) is 5.75. The summed E-state index contributed by atoms with van der Waals surface area (Å²) in [6, 6.07) is 0. The van der Waals surface area contributed by atoms with Gasteiger partial charge in [0.05, 0.1) is 7.85 Å². The molecule has 3 aliphatic carbocycles. The van der Waals surface area contributed by atoms with Gasteiger partial charge in [-0.05, 0) is 68.6 Å². The van der Waals surface area contributed by atoms with Crippen molar-refractivity contribution < 1.29 is 22.0 Å². The van der Waals surface area contributed by atoms with Crippen molar-refractivity contribution in [3.63, 3.8) is 0 Å². The number of alkyl halides is 5. The summed E-state index contributed by atoms with van der Waals surface area (Å²) in [5.41, 5.74) is 0.989. The summed E-state index contributed by atoms with van der Waals surface area (Å²) in [6.45, 7) is 0. The molecule has 3 aliphatic rings. The lowest BCUT2D eigenvalue weighted by Gasteiger charge is -2.39. The largest absolute Gasteiger partial charge is 0.397 e. The van der Waals surface area contributed by atoms with Gasteiger partial charge < -0.3 is 0 Å². The van der Waals surface area contributed by atoms with Crippen LogP contribution < -0.4 is 0 Å². The molecule has 0 aromatic heterocycles. The zero-order chi connectivity index (χ0) is 18.9. The summed E-state index contributed by atoms with van der Waals surface area (Å²) < 4.78 is 66.5. The lowest BCUT2D eigenvalue weighted by molar-refractivity contribution is -0.217. The molecule has 0 spiro atoms. The normalized spacial score (nSPS) is 42.3. The standard InChI is InChI=1S/C20H28BF5/c21-11-12-1-3-13(4-2-12)14-5-7-15(8-6-14)16-9-17(22)19(18(23)10-16)20(24,25)26/h7,12-14,16-19H,1-6,8-11H2. The Bertz CT molecular complexity index is 483. The molecular formula is C20H28BF5. The Kier molecular flexibility index (Phi) is 6.39. The predicted octanol–water partition coefficient (Wildman–Crippen LogP) is 6.37. The molecule has 0 aromatic carbocycles. The van der Waals surface area contributed by atoms with Crippen molar-refractivity contribution in [2.45, 2.75) is 82.6 Å². The minimum Gasteiger partial charge on any atom is -0.247 e. The van der Waals surface area contributed by atoms with Gasteiger partial charge in [0.15, 0.2) is 0 Å². The van der Waals surface area contributed by atoms with E-state index in [4.69, 9.17) is 7.85 Å². The Morgan fingerprint density at radius 1 is 0.923 bits per heavy atom. The van der Waals surface area contributed by atoms with E-state index in [1.807, 2.05) is 0 Å². The van der Waals surface area contributed by atoms with Crippen LogP contribution in [0.25, 0.3) is 0 Å². The highest BCUT2D eigenvalue weighted by atomic mass is 19.4. The van der Waals surface area contributed by atoms with Crippen LogP contribution in [0.3, 0.4) is 0 Å². The van der Waals surface area contributed by atoms with E-state index in [1.165, 1.54) is 25.7 Å². The zero-order valence-corrected chi connectivity index (χ0v) is 15.2. The van der Waals surface area contributed by atoms with Gasteiger partial charge in [-0.3, -0.25) is 0 Å². The Balaban J connectivity index is 1.55. The Morgan fingerprint density at radius 3 is 2.00 bits per heavy atom. The van der Waals surface area contributed by atoms with Crippen molar-refractivity contribution in [2.75, 3.05) is 0 Å². The average molecular weight is 374 g/mol. The maximum absolute atomic E-state index is 14.0. The molecule has 0 aromatic rings. The fourth-order valence-electron chi connectivity index (χ4n) is 5.44. The molecule has 2 saturated carbocycles. The van der Waals surface area contributed by atoms with Crippen molar-refractivity contribution in [1.82, 2.24) is 0 Å². The molecule has 3 atom stereocenters. The molecule has 3 unspecified atom stereocenters. The second kappa shape index (κ2) is 8.22. The van der Waals surface area contributed by atoms with Crippen LogP contribution in [0, 0.1) is 29.6 Å². The first-order valence-electron chi connectivity index (χ1n) is 10.0. The number of halogens is 5. The van der Waals surface area contributed by atoms with Gasteiger partial charge in [0, 0.05) is 0 Å². The van der Waals surface area contributed by atoms with Crippen LogP contribution in [0.2, 0.25) is 6.32 Å². The van der Waals surface area contributed by atoms with E-state index >= 15 is 0 Å². The SMILES string of the molecule is [B]CC1CCC(C2CC=C(C3CC(F)C(C(F)(F)F)C(F)C3)CC2)CC1. The number of allylic oxidation sites excluding steroid dienone is 2. The van der Waals surface area contributed by atoms with Crippen molar-refractivity contribution in [2.24, 2.45) is 29.6 Å². The van der Waals surface area contributed by atoms with Crippen LogP contribution in [-0.4, -0.2) is 26.4 Å². The predicted molar refractivity (Wildman–Crippen MR) is 93.5 cm³/mol. The summed E-state index contributed by atoms with van der Waals surface area (Å²) in [5.74, 6) is -0.876. The van der Waals surface area contributed by atoms with Crippen LogP contribution in [0.5, 0.6) is 0 Å². The van der Waals surface area contributed by atoms with E-state index in [-0.39, 0.29) is 18.8 Å². The van der Waals surface area contributed by atoms with Gasteiger partial charge in [0.25, 0.3) is 0 Å². The first-order chi connectivity index (χ1) is 12.3. The Morgan fingerprint density at radius 2 is 1.54 bits per heavy atom. The summed E-state index contributed by atoms with van der Waals surface area (Å²) in [4.78, 5) is 0.